The van der Waals surface area contributed by atoms with Gasteiger partial charge in [0.15, 0.2) is 10.8 Å². The molecular weight excluding hydrogens is 1040 g/mol. The van der Waals surface area contributed by atoms with Crippen molar-refractivity contribution >= 4 is 72.2 Å². The number of thiazole rings is 1. The van der Waals surface area contributed by atoms with Gasteiger partial charge in [-0.05, 0) is 151 Å². The van der Waals surface area contributed by atoms with Crippen LogP contribution in [-0.4, -0.2) is 72.4 Å². The van der Waals surface area contributed by atoms with Gasteiger partial charge in [-0.2, -0.15) is 0 Å². The number of hydrogen-bond acceptors (Lipinski definition) is 13. The second-order valence-corrected chi connectivity index (χ2v) is 21.6. The maximum atomic E-state index is 13.8. The summed E-state index contributed by atoms with van der Waals surface area (Å²) in [6, 6.07) is 29.4. The van der Waals surface area contributed by atoms with E-state index in [1.54, 1.807) is 0 Å². The van der Waals surface area contributed by atoms with Crippen LogP contribution in [0.25, 0.3) is 21.3 Å². The number of anilines is 2. The third-order valence-corrected chi connectivity index (χ3v) is 14.6. The molecule has 2 aromatic heterocycles. The maximum absolute atomic E-state index is 13.8. The monoisotopic (exact) mass is 1120 g/mol. The van der Waals surface area contributed by atoms with E-state index in [2.05, 4.69) is 44.1 Å². The molecule has 1 N–H and O–H groups in total. The molecule has 15 heteroatoms. The molecule has 0 saturated heterocycles. The molecule has 0 fully saturated rings. The largest absolute Gasteiger partial charge is 0.493 e. The van der Waals surface area contributed by atoms with E-state index in [4.69, 9.17) is 28.7 Å². The Balaban J connectivity index is 0.000000375. The van der Waals surface area contributed by atoms with Gasteiger partial charge in [-0.15, -0.1) is 0 Å². The van der Waals surface area contributed by atoms with Gasteiger partial charge in [0.25, 0.3) is 5.91 Å². The van der Waals surface area contributed by atoms with E-state index >= 15 is 0 Å². The van der Waals surface area contributed by atoms with E-state index in [1.807, 2.05) is 126 Å². The number of rotatable bonds is 25. The van der Waals surface area contributed by atoms with Gasteiger partial charge in [0.1, 0.15) is 22.9 Å². The van der Waals surface area contributed by atoms with Crippen molar-refractivity contribution in [2.24, 2.45) is 0 Å². The third kappa shape index (κ3) is 17.9. The molecule has 3 heterocycles. The van der Waals surface area contributed by atoms with Crippen LogP contribution >= 0.6 is 27.3 Å². The van der Waals surface area contributed by atoms with Gasteiger partial charge in [0, 0.05) is 47.1 Å². The fourth-order valence-electron chi connectivity index (χ4n) is 8.84. The van der Waals surface area contributed by atoms with Crippen molar-refractivity contribution in [3.05, 3.63) is 129 Å². The highest BCUT2D eigenvalue weighted by Crippen LogP contribution is 2.36. The van der Waals surface area contributed by atoms with Gasteiger partial charge >= 0.3 is 17.9 Å². The Morgan fingerprint density at radius 3 is 1.92 bits per heavy atom. The molecule has 0 atom stereocenters. The van der Waals surface area contributed by atoms with Crippen LogP contribution in [-0.2, 0) is 36.8 Å². The Kier molecular flexibility index (Phi) is 23.1. The molecule has 1 aliphatic rings. The first-order chi connectivity index (χ1) is 36.6. The minimum atomic E-state index is -0.722. The topological polar surface area (TPSA) is 155 Å². The van der Waals surface area contributed by atoms with E-state index in [9.17, 15) is 19.2 Å². The van der Waals surface area contributed by atoms with Gasteiger partial charge in [-0.1, -0.05) is 108 Å². The van der Waals surface area contributed by atoms with E-state index in [0.29, 0.717) is 67.8 Å². The lowest BCUT2D eigenvalue weighted by atomic mass is 9.94. The Bertz CT molecular complexity index is 2850. The molecule has 406 valence electrons. The predicted molar refractivity (Wildman–Crippen MR) is 307 cm³/mol. The fraction of sp³-hybridized carbons (Fsp3) is 0.443. The van der Waals surface area contributed by atoms with E-state index < -0.39 is 11.6 Å². The summed E-state index contributed by atoms with van der Waals surface area (Å²) in [6.07, 6.45) is 11.8. The summed E-state index contributed by atoms with van der Waals surface area (Å²) in [5.41, 5.74) is 6.54. The van der Waals surface area contributed by atoms with E-state index in [0.717, 1.165) is 131 Å². The molecule has 1 aliphatic heterocycles. The number of unbranched alkanes of at least 4 members (excludes halogenated alkanes) is 8. The quantitative estimate of drug-likeness (QED) is 0.0329. The molecule has 0 radical (unpaired) electrons. The normalized spacial score (nSPS) is 12.0. The number of nitrogens with one attached hydrogen (secondary N) is 1. The van der Waals surface area contributed by atoms with Crippen LogP contribution in [0.2, 0.25) is 0 Å². The Morgan fingerprint density at radius 1 is 0.671 bits per heavy atom. The molecule has 0 saturated carbocycles. The van der Waals surface area contributed by atoms with Crippen molar-refractivity contribution in [1.82, 2.24) is 9.97 Å². The average molecular weight is 1120 g/mol. The van der Waals surface area contributed by atoms with Crippen molar-refractivity contribution in [3.8, 4) is 22.6 Å². The van der Waals surface area contributed by atoms with Crippen molar-refractivity contribution < 1.29 is 42.9 Å². The number of halogens is 1. The zero-order chi connectivity index (χ0) is 54.5. The minimum Gasteiger partial charge on any atom is -0.493 e. The number of aromatic nitrogens is 2. The molecule has 6 aromatic rings. The van der Waals surface area contributed by atoms with Gasteiger partial charge in [-0.25, -0.2) is 14.8 Å². The summed E-state index contributed by atoms with van der Waals surface area (Å²) < 4.78 is 29.9. The Morgan fingerprint density at radius 2 is 1.28 bits per heavy atom. The number of amides is 1. The van der Waals surface area contributed by atoms with Gasteiger partial charge in [-0.3, -0.25) is 19.7 Å². The molecule has 7 rings (SSSR count). The first-order valence-corrected chi connectivity index (χ1v) is 28.5. The highest BCUT2D eigenvalue weighted by Gasteiger charge is 2.28. The number of para-hydroxylation sites is 1. The average Bonchev–Trinajstić information content (AvgIpc) is 3.81. The zero-order valence-electron chi connectivity index (χ0n) is 45.4. The van der Waals surface area contributed by atoms with Crippen molar-refractivity contribution in [1.29, 1.82) is 0 Å². The SMILES string of the molecule is CCOC(=O)CCCCCCCOc1cccc(-c2ccc(N3CCc4cccc(C(=O)Nc5nc6ccccc6s5)c4C3)nc2C(=O)OC(C)(C)C)c1C.CCOC(=O)CCCCCCCOc1cccc(Br)c1C. The highest BCUT2D eigenvalue weighted by atomic mass is 79.9. The number of pyridine rings is 1. The van der Waals surface area contributed by atoms with Crippen molar-refractivity contribution in [3.63, 3.8) is 0 Å². The third-order valence-electron chi connectivity index (χ3n) is 12.8. The second kappa shape index (κ2) is 29.8. The van der Waals surface area contributed by atoms with Gasteiger partial charge < -0.3 is 28.6 Å². The summed E-state index contributed by atoms with van der Waals surface area (Å²) in [5.74, 6) is 1.41. The Labute approximate surface area is 461 Å². The fourth-order valence-corrected chi connectivity index (χ4v) is 10.1. The number of benzene rings is 4. The van der Waals surface area contributed by atoms with Crippen LogP contribution in [0.1, 0.15) is 155 Å². The van der Waals surface area contributed by atoms with Crippen molar-refractivity contribution in [2.45, 2.75) is 144 Å². The smallest absolute Gasteiger partial charge is 0.358 e. The van der Waals surface area contributed by atoms with E-state index in [-0.39, 0.29) is 23.5 Å². The van der Waals surface area contributed by atoms with Crippen LogP contribution in [0.5, 0.6) is 11.5 Å². The van der Waals surface area contributed by atoms with Crippen LogP contribution < -0.4 is 19.7 Å². The van der Waals surface area contributed by atoms with Crippen LogP contribution in [0, 0.1) is 13.8 Å². The number of esters is 3. The first kappa shape index (κ1) is 58.9. The van der Waals surface area contributed by atoms with Gasteiger partial charge in [0.2, 0.25) is 0 Å². The number of hydrogen-bond donors (Lipinski definition) is 1. The molecule has 0 unspecified atom stereocenters. The number of carbonyl (C=O) groups excluding carboxylic acids is 4. The van der Waals surface area contributed by atoms with Crippen LogP contribution in [0.15, 0.2) is 95.5 Å². The molecule has 0 spiro atoms. The van der Waals surface area contributed by atoms with E-state index in [1.165, 1.54) is 11.3 Å². The summed E-state index contributed by atoms with van der Waals surface area (Å²) in [7, 11) is 0. The minimum absolute atomic E-state index is 0.0778. The summed E-state index contributed by atoms with van der Waals surface area (Å²) >= 11 is 4.95. The van der Waals surface area contributed by atoms with Crippen LogP contribution in [0.4, 0.5) is 10.9 Å². The first-order valence-electron chi connectivity index (χ1n) is 26.8. The van der Waals surface area contributed by atoms with Crippen molar-refractivity contribution in [2.75, 3.05) is 43.2 Å². The lowest BCUT2D eigenvalue weighted by Gasteiger charge is -2.31. The van der Waals surface area contributed by atoms with Crippen LogP contribution in [0.3, 0.4) is 0 Å². The second-order valence-electron chi connectivity index (χ2n) is 19.8. The molecule has 76 heavy (non-hydrogen) atoms. The molecule has 13 nitrogen and oxygen atoms in total. The summed E-state index contributed by atoms with van der Waals surface area (Å²) in [5, 5.41) is 3.57. The number of carbonyl (C=O) groups is 4. The lowest BCUT2D eigenvalue weighted by Crippen LogP contribution is -2.33. The molecular formula is C61H75BrN4O9S. The lowest BCUT2D eigenvalue weighted by molar-refractivity contribution is -0.144. The molecule has 0 bridgehead atoms. The number of ether oxygens (including phenoxy) is 5. The Hall–Kier alpha value is -6.32. The number of fused-ring (bicyclic) bond motifs is 2. The molecule has 0 aliphatic carbocycles. The molecule has 1 amide bonds. The standard InChI is InChI=1S/C44H50N4O6S.C17H25BrO3/c1-6-52-39(49)22-10-8-7-9-13-27-53-36-20-15-17-31(29(36)2)32-23-24-38(46-40(32)42(51)54-44(3,4)5)48-26-25-30-16-14-18-33(34(30)28-48)41(50)47-43-45-35-19-11-12-21-37(35)55-43;1-3-20-17(19)12-7-5-4-6-8-13-21-16-11-9-10-15(18)14(16)2/h11-12,14-21,23-24H,6-10,13,22,25-28H2,1-5H3,(H,45,47,50);9-11H,3-8,12-13H2,1-2H3. The number of nitrogens with zero attached hydrogens (tertiary/aromatic N) is 3. The summed E-state index contributed by atoms with van der Waals surface area (Å²) in [6.45, 7) is 16.6. The molecule has 4 aromatic carbocycles. The van der Waals surface area contributed by atoms with Gasteiger partial charge in [0.05, 0.1) is 36.6 Å². The maximum Gasteiger partial charge on any atom is 0.358 e. The zero-order valence-corrected chi connectivity index (χ0v) is 47.8. The highest BCUT2D eigenvalue weighted by molar-refractivity contribution is 9.10. The predicted octanol–water partition coefficient (Wildman–Crippen LogP) is 14.8. The summed E-state index contributed by atoms with van der Waals surface area (Å²) in [4.78, 5) is 61.9.